The fraction of sp³-hybridized carbons (Fsp3) is 0.529. The Bertz CT molecular complexity index is 1070. The molecule has 1 rings (SSSR count). The summed E-state index contributed by atoms with van der Waals surface area (Å²) in [6.45, 7) is 0. The van der Waals surface area contributed by atoms with E-state index < -0.39 is 70.0 Å². The first kappa shape index (κ1) is 33.4. The van der Waals surface area contributed by atoms with Crippen LogP contribution in [0.2, 0.25) is 0 Å². The van der Waals surface area contributed by atoms with Crippen LogP contribution in [0.3, 0.4) is 0 Å². The van der Waals surface area contributed by atoms with Crippen LogP contribution < -0.4 is 5.32 Å². The summed E-state index contributed by atoms with van der Waals surface area (Å²) in [6, 6.07) is 2.83. The lowest BCUT2D eigenvalue weighted by Gasteiger charge is -2.42. The normalized spacial score (nSPS) is 14.8. The Morgan fingerprint density at radius 1 is 0.658 bits per heavy atom. The molecule has 38 heavy (non-hydrogen) atoms. The number of halogens is 17. The number of rotatable bonds is 10. The number of ether oxygens (including phenoxy) is 1. The fourth-order valence-corrected chi connectivity index (χ4v) is 2.51. The van der Waals surface area contributed by atoms with E-state index in [0.29, 0.717) is 24.6 Å². The lowest BCUT2D eigenvalue weighted by atomic mass is 9.89. The van der Waals surface area contributed by atoms with Gasteiger partial charge in [0.15, 0.2) is 0 Å². The van der Waals surface area contributed by atoms with Crippen LogP contribution in [-0.2, 0) is 9.53 Å². The highest BCUT2D eigenvalue weighted by Crippen LogP contribution is 2.64. The molecule has 1 aromatic rings. The quantitative estimate of drug-likeness (QED) is 0.182. The van der Waals surface area contributed by atoms with E-state index in [2.05, 4.69) is 16.3 Å². The van der Waals surface area contributed by atoms with Gasteiger partial charge in [-0.15, -0.1) is 0 Å². The Morgan fingerprint density at radius 3 is 1.42 bits per heavy atom. The van der Waals surface area contributed by atoms with E-state index in [4.69, 9.17) is 0 Å². The van der Waals surface area contributed by atoms with Crippen LogP contribution in [0.25, 0.3) is 0 Å². The molecule has 0 atom stereocenters. The van der Waals surface area contributed by atoms with Crippen molar-refractivity contribution in [3.8, 4) is 0 Å². The highest BCUT2D eigenvalue weighted by atomic mass is 35.5. The van der Waals surface area contributed by atoms with Gasteiger partial charge < -0.3 is 10.1 Å². The van der Waals surface area contributed by atoms with Crippen LogP contribution in [0.5, 0.6) is 0 Å². The van der Waals surface area contributed by atoms with Gasteiger partial charge in [-0.25, -0.2) is 4.79 Å². The molecule has 0 spiro atoms. The number of hydrogen-bond acceptors (Lipinski definition) is 3. The molecule has 0 saturated heterocycles. The summed E-state index contributed by atoms with van der Waals surface area (Å²) in [4.78, 5) is 23.1. The van der Waals surface area contributed by atoms with Gasteiger partial charge in [-0.2, -0.15) is 70.2 Å². The van der Waals surface area contributed by atoms with Crippen molar-refractivity contribution >= 4 is 29.2 Å². The van der Waals surface area contributed by atoms with E-state index in [1.807, 2.05) is 0 Å². The molecule has 0 fully saturated rings. The van der Waals surface area contributed by atoms with Crippen molar-refractivity contribution in [3.63, 3.8) is 0 Å². The summed E-state index contributed by atoms with van der Waals surface area (Å²) in [7, 11) is 0.659. The van der Waals surface area contributed by atoms with E-state index in [1.165, 1.54) is 0 Å². The van der Waals surface area contributed by atoms with E-state index in [0.717, 1.165) is 12.1 Å². The van der Waals surface area contributed by atoms with Gasteiger partial charge in [-0.1, -0.05) is 12.1 Å². The second-order valence-corrected chi connectivity index (χ2v) is 7.48. The molecule has 1 amide bonds. The summed E-state index contributed by atoms with van der Waals surface area (Å²) in [5.74, 6) is -62.8. The van der Waals surface area contributed by atoms with Crippen molar-refractivity contribution in [2.24, 2.45) is 0 Å². The molecule has 0 aliphatic carbocycles. The standard InChI is InChI=1S/C17H8ClF16NO3/c1-38-8(36)6-4-2-3-5-7(6)35-9(37)10(19,20)11(21,22)12(23,24)13(25,26)14(27,28)15(29,30)16(31,32)17(18,33)34/h2-5H,1H3,(H,35,37). The van der Waals surface area contributed by atoms with Gasteiger partial charge in [0.25, 0.3) is 0 Å². The number of carbonyl (C=O) groups is 2. The molecule has 0 radical (unpaired) electrons. The smallest absolute Gasteiger partial charge is 0.393 e. The Labute approximate surface area is 203 Å². The third-order valence-corrected chi connectivity index (χ3v) is 4.83. The predicted octanol–water partition coefficient (Wildman–Crippen LogP) is 6.69. The Kier molecular flexibility index (Phi) is 8.35. The summed E-state index contributed by atoms with van der Waals surface area (Å²) >= 11 is 3.42. The van der Waals surface area contributed by atoms with Gasteiger partial charge in [0.2, 0.25) is 0 Å². The second kappa shape index (κ2) is 9.51. The van der Waals surface area contributed by atoms with Gasteiger partial charge in [0, 0.05) is 0 Å². The average molecular weight is 614 g/mol. The van der Waals surface area contributed by atoms with Gasteiger partial charge in [-0.05, 0) is 23.7 Å². The van der Waals surface area contributed by atoms with Crippen molar-refractivity contribution in [3.05, 3.63) is 29.8 Å². The maximum atomic E-state index is 14.0. The monoisotopic (exact) mass is 613 g/mol. The molecule has 1 N–H and O–H groups in total. The first-order valence-corrected chi connectivity index (χ1v) is 9.19. The van der Waals surface area contributed by atoms with Gasteiger partial charge in [0.1, 0.15) is 0 Å². The molecule has 0 heterocycles. The number of esters is 1. The topological polar surface area (TPSA) is 55.4 Å². The molecule has 0 bridgehead atoms. The first-order chi connectivity index (χ1) is 16.6. The molecule has 0 saturated carbocycles. The maximum Gasteiger partial charge on any atom is 0.393 e. The zero-order chi connectivity index (χ0) is 30.6. The zero-order valence-corrected chi connectivity index (χ0v) is 18.2. The van der Waals surface area contributed by atoms with Crippen LogP contribution in [-0.4, -0.2) is 65.8 Å². The fourth-order valence-electron chi connectivity index (χ4n) is 2.39. The molecule has 0 aromatic heterocycles. The van der Waals surface area contributed by atoms with Gasteiger partial charge in [-0.3, -0.25) is 4.79 Å². The Morgan fingerprint density at radius 2 is 1.03 bits per heavy atom. The number of alkyl halides is 17. The van der Waals surface area contributed by atoms with Crippen molar-refractivity contribution in [2.45, 2.75) is 46.8 Å². The van der Waals surface area contributed by atoms with Crippen LogP contribution in [0.4, 0.5) is 75.9 Å². The van der Waals surface area contributed by atoms with Crippen molar-refractivity contribution in [1.29, 1.82) is 0 Å². The Hall–Kier alpha value is -2.67. The molecule has 0 aliphatic heterocycles. The second-order valence-electron chi connectivity index (χ2n) is 7.01. The summed E-state index contributed by atoms with van der Waals surface area (Å²) in [5, 5.41) is -6.21. The molecule has 0 aliphatic rings. The average Bonchev–Trinajstić information content (AvgIpc) is 2.77. The summed E-state index contributed by atoms with van der Waals surface area (Å²) in [5.41, 5.74) is -2.19. The molecule has 218 valence electrons. The van der Waals surface area contributed by atoms with E-state index in [1.54, 1.807) is 0 Å². The van der Waals surface area contributed by atoms with Crippen LogP contribution in [0.1, 0.15) is 10.4 Å². The highest BCUT2D eigenvalue weighted by molar-refractivity contribution is 6.22. The lowest BCUT2D eigenvalue weighted by Crippen LogP contribution is -2.75. The van der Waals surface area contributed by atoms with Crippen LogP contribution >= 0.6 is 11.6 Å². The molecule has 1 aromatic carbocycles. The lowest BCUT2D eigenvalue weighted by molar-refractivity contribution is -0.445. The highest BCUT2D eigenvalue weighted by Gasteiger charge is 2.95. The van der Waals surface area contributed by atoms with E-state index in [9.17, 15) is 79.8 Å². The number of para-hydroxylation sites is 1. The minimum atomic E-state index is -8.70. The number of nitrogens with one attached hydrogen (secondary N) is 1. The molecule has 21 heteroatoms. The molecule has 4 nitrogen and oxygen atoms in total. The Balaban J connectivity index is 3.62. The molecule has 0 unspecified atom stereocenters. The largest absolute Gasteiger partial charge is 0.465 e. The summed E-state index contributed by atoms with van der Waals surface area (Å²) < 4.78 is 220. The van der Waals surface area contributed by atoms with Gasteiger partial charge in [0.05, 0.1) is 18.4 Å². The van der Waals surface area contributed by atoms with E-state index >= 15 is 0 Å². The third kappa shape index (κ3) is 4.57. The van der Waals surface area contributed by atoms with Crippen LogP contribution in [0.15, 0.2) is 24.3 Å². The first-order valence-electron chi connectivity index (χ1n) is 8.81. The number of anilines is 1. The number of carbonyl (C=O) groups excluding carboxylic acids is 2. The van der Waals surface area contributed by atoms with Gasteiger partial charge >= 0.3 is 58.7 Å². The van der Waals surface area contributed by atoms with Crippen molar-refractivity contribution < 1.29 is 84.6 Å². The maximum absolute atomic E-state index is 14.0. The number of methoxy groups -OCH3 is 1. The summed E-state index contributed by atoms with van der Waals surface area (Å²) in [6.07, 6.45) is 0. The van der Waals surface area contributed by atoms with E-state index in [-0.39, 0.29) is 0 Å². The molecular formula is C17H8ClF16NO3. The van der Waals surface area contributed by atoms with Crippen LogP contribution in [0, 0.1) is 0 Å². The number of amides is 1. The minimum Gasteiger partial charge on any atom is -0.465 e. The zero-order valence-electron chi connectivity index (χ0n) is 17.5. The number of hydrogen-bond donors (Lipinski definition) is 1. The van der Waals surface area contributed by atoms with Crippen molar-refractivity contribution in [1.82, 2.24) is 0 Å². The van der Waals surface area contributed by atoms with Crippen molar-refractivity contribution in [2.75, 3.05) is 12.4 Å². The predicted molar refractivity (Wildman–Crippen MR) is 91.8 cm³/mol. The third-order valence-electron chi connectivity index (χ3n) is 4.59. The number of benzene rings is 1. The SMILES string of the molecule is COC(=O)c1ccccc1NC(=O)C(F)(F)C(F)(F)C(F)(F)C(F)(F)C(F)(F)C(F)(F)C(F)(F)C(F)(F)Cl. The minimum absolute atomic E-state index is 0.453. The molecular weight excluding hydrogens is 606 g/mol.